The maximum absolute atomic E-state index is 12.4. The van der Waals surface area contributed by atoms with Gasteiger partial charge >= 0.3 is 0 Å². The van der Waals surface area contributed by atoms with E-state index in [1.54, 1.807) is 0 Å². The summed E-state index contributed by atoms with van der Waals surface area (Å²) in [5, 5.41) is 0. The molecule has 2 aliphatic rings. The number of hydrogen-bond donors (Lipinski definition) is 0. The van der Waals surface area contributed by atoms with Gasteiger partial charge in [0.2, 0.25) is 5.91 Å². The molecule has 0 aromatic heterocycles. The first kappa shape index (κ1) is 12.5. The second-order valence-corrected chi connectivity index (χ2v) is 5.73. The lowest BCUT2D eigenvalue weighted by molar-refractivity contribution is -0.128. The average molecular weight is 258 g/mol. The fourth-order valence-corrected chi connectivity index (χ4v) is 3.21. The van der Waals surface area contributed by atoms with Gasteiger partial charge in [0.25, 0.3) is 0 Å². The molecular weight excluding hydrogens is 236 g/mol. The molecule has 19 heavy (non-hydrogen) atoms. The highest BCUT2D eigenvalue weighted by Crippen LogP contribution is 2.30. The van der Waals surface area contributed by atoms with Crippen molar-refractivity contribution in [1.29, 1.82) is 0 Å². The van der Waals surface area contributed by atoms with Crippen molar-refractivity contribution < 1.29 is 4.79 Å². The minimum atomic E-state index is 0.293. The van der Waals surface area contributed by atoms with Crippen LogP contribution in [0.2, 0.25) is 0 Å². The third-order valence-corrected chi connectivity index (χ3v) is 4.43. The normalized spacial score (nSPS) is 22.5. The van der Waals surface area contributed by atoms with Crippen LogP contribution in [0.4, 0.5) is 5.69 Å². The summed E-state index contributed by atoms with van der Waals surface area (Å²) in [7, 11) is 0. The van der Waals surface area contributed by atoms with Crippen molar-refractivity contribution in [2.75, 3.05) is 24.5 Å². The minimum Gasteiger partial charge on any atom is -0.359 e. The Labute approximate surface area is 115 Å². The third kappa shape index (κ3) is 2.46. The summed E-state index contributed by atoms with van der Waals surface area (Å²) in [5.74, 6) is 0.293. The number of para-hydroxylation sites is 1. The summed E-state index contributed by atoms with van der Waals surface area (Å²) in [6.45, 7) is 4.66. The van der Waals surface area contributed by atoms with Crippen molar-refractivity contribution in [3.63, 3.8) is 0 Å². The van der Waals surface area contributed by atoms with E-state index >= 15 is 0 Å². The Hall–Kier alpha value is -1.51. The summed E-state index contributed by atoms with van der Waals surface area (Å²) in [4.78, 5) is 16.7. The molecule has 3 rings (SSSR count). The second-order valence-electron chi connectivity index (χ2n) is 5.73. The number of carbonyl (C=O) groups is 1. The SMILES string of the molecule is CC1CCc2ccccc2N1CC(=O)N1CCCC1. The van der Waals surface area contributed by atoms with Crippen LogP contribution in [0.5, 0.6) is 0 Å². The molecule has 2 aliphatic heterocycles. The zero-order chi connectivity index (χ0) is 13.2. The van der Waals surface area contributed by atoms with Gasteiger partial charge in [-0.2, -0.15) is 0 Å². The Morgan fingerprint density at radius 1 is 1.26 bits per heavy atom. The van der Waals surface area contributed by atoms with E-state index in [2.05, 4.69) is 36.1 Å². The number of aryl methyl sites for hydroxylation is 1. The fourth-order valence-electron chi connectivity index (χ4n) is 3.21. The van der Waals surface area contributed by atoms with E-state index in [1.807, 2.05) is 4.90 Å². The van der Waals surface area contributed by atoms with Gasteiger partial charge in [0, 0.05) is 24.8 Å². The van der Waals surface area contributed by atoms with E-state index in [9.17, 15) is 4.79 Å². The predicted octanol–water partition coefficient (Wildman–Crippen LogP) is 2.45. The number of fused-ring (bicyclic) bond motifs is 1. The molecule has 0 radical (unpaired) electrons. The third-order valence-electron chi connectivity index (χ3n) is 4.43. The number of rotatable bonds is 2. The first-order valence-corrected chi connectivity index (χ1v) is 7.38. The maximum atomic E-state index is 12.4. The molecule has 0 N–H and O–H groups in total. The topological polar surface area (TPSA) is 23.6 Å². The molecule has 0 aliphatic carbocycles. The molecule has 0 bridgehead atoms. The van der Waals surface area contributed by atoms with Gasteiger partial charge in [-0.25, -0.2) is 0 Å². The van der Waals surface area contributed by atoms with Gasteiger partial charge in [0.05, 0.1) is 6.54 Å². The molecule has 1 unspecified atom stereocenters. The number of benzene rings is 1. The highest BCUT2D eigenvalue weighted by molar-refractivity contribution is 5.82. The van der Waals surface area contributed by atoms with Crippen molar-refractivity contribution in [1.82, 2.24) is 4.90 Å². The van der Waals surface area contributed by atoms with E-state index in [-0.39, 0.29) is 0 Å². The lowest BCUT2D eigenvalue weighted by atomic mass is 9.96. The molecule has 3 nitrogen and oxygen atoms in total. The van der Waals surface area contributed by atoms with E-state index in [0.29, 0.717) is 18.5 Å². The Morgan fingerprint density at radius 2 is 2.00 bits per heavy atom. The van der Waals surface area contributed by atoms with E-state index < -0.39 is 0 Å². The van der Waals surface area contributed by atoms with Crippen LogP contribution in [-0.4, -0.2) is 36.5 Å². The molecule has 1 aromatic rings. The van der Waals surface area contributed by atoms with Crippen LogP contribution < -0.4 is 4.90 Å². The first-order valence-electron chi connectivity index (χ1n) is 7.38. The van der Waals surface area contributed by atoms with Crippen LogP contribution >= 0.6 is 0 Å². The number of amides is 1. The van der Waals surface area contributed by atoms with Gasteiger partial charge in [0.15, 0.2) is 0 Å². The zero-order valence-electron chi connectivity index (χ0n) is 11.6. The van der Waals surface area contributed by atoms with Crippen molar-refractivity contribution in [2.45, 2.75) is 38.6 Å². The number of carbonyl (C=O) groups excluding carboxylic acids is 1. The molecule has 102 valence electrons. The van der Waals surface area contributed by atoms with Crippen LogP contribution in [-0.2, 0) is 11.2 Å². The Kier molecular flexibility index (Phi) is 3.45. The number of nitrogens with zero attached hydrogens (tertiary/aromatic N) is 2. The molecule has 1 amide bonds. The van der Waals surface area contributed by atoms with Crippen LogP contribution in [0.3, 0.4) is 0 Å². The molecular formula is C16H22N2O. The van der Waals surface area contributed by atoms with Gasteiger partial charge in [-0.15, -0.1) is 0 Å². The number of anilines is 1. The van der Waals surface area contributed by atoms with Crippen molar-refractivity contribution in [3.05, 3.63) is 29.8 Å². The molecule has 0 saturated carbocycles. The molecule has 1 fully saturated rings. The zero-order valence-corrected chi connectivity index (χ0v) is 11.6. The standard InChI is InChI=1S/C16H22N2O/c1-13-8-9-14-6-2-3-7-15(14)18(13)12-16(19)17-10-4-5-11-17/h2-3,6-7,13H,4-5,8-12H2,1H3. The van der Waals surface area contributed by atoms with Crippen molar-refractivity contribution in [3.8, 4) is 0 Å². The molecule has 0 spiro atoms. The average Bonchev–Trinajstić information content (AvgIpc) is 2.96. The van der Waals surface area contributed by atoms with Gasteiger partial charge < -0.3 is 9.80 Å². The Morgan fingerprint density at radius 3 is 2.79 bits per heavy atom. The lowest BCUT2D eigenvalue weighted by Crippen LogP contribution is -2.45. The largest absolute Gasteiger partial charge is 0.359 e. The maximum Gasteiger partial charge on any atom is 0.242 e. The summed E-state index contributed by atoms with van der Waals surface area (Å²) < 4.78 is 0. The first-order chi connectivity index (χ1) is 9.25. The van der Waals surface area contributed by atoms with Gasteiger partial charge in [0.1, 0.15) is 0 Å². The second kappa shape index (κ2) is 5.24. The lowest BCUT2D eigenvalue weighted by Gasteiger charge is -2.37. The summed E-state index contributed by atoms with van der Waals surface area (Å²) in [6, 6.07) is 8.97. The van der Waals surface area contributed by atoms with Crippen LogP contribution in [0.1, 0.15) is 31.7 Å². The summed E-state index contributed by atoms with van der Waals surface area (Å²) >= 11 is 0. The highest BCUT2D eigenvalue weighted by atomic mass is 16.2. The summed E-state index contributed by atoms with van der Waals surface area (Å²) in [5.41, 5.74) is 2.64. The Bertz CT molecular complexity index is 466. The summed E-state index contributed by atoms with van der Waals surface area (Å²) in [6.07, 6.45) is 4.60. The van der Waals surface area contributed by atoms with Crippen LogP contribution in [0.25, 0.3) is 0 Å². The number of hydrogen-bond acceptors (Lipinski definition) is 2. The molecule has 2 heterocycles. The van der Waals surface area contributed by atoms with Crippen molar-refractivity contribution in [2.24, 2.45) is 0 Å². The van der Waals surface area contributed by atoms with E-state index in [4.69, 9.17) is 0 Å². The fraction of sp³-hybridized carbons (Fsp3) is 0.562. The smallest absolute Gasteiger partial charge is 0.242 e. The molecule has 1 atom stereocenters. The quantitative estimate of drug-likeness (QED) is 0.813. The van der Waals surface area contributed by atoms with Crippen LogP contribution in [0, 0.1) is 0 Å². The van der Waals surface area contributed by atoms with E-state index in [1.165, 1.54) is 11.3 Å². The van der Waals surface area contributed by atoms with Gasteiger partial charge in [-0.3, -0.25) is 4.79 Å². The van der Waals surface area contributed by atoms with Gasteiger partial charge in [-0.1, -0.05) is 18.2 Å². The van der Waals surface area contributed by atoms with Crippen molar-refractivity contribution >= 4 is 11.6 Å². The molecule has 1 aromatic carbocycles. The molecule has 3 heteroatoms. The monoisotopic (exact) mass is 258 g/mol. The number of likely N-dealkylation sites (tertiary alicyclic amines) is 1. The minimum absolute atomic E-state index is 0.293. The predicted molar refractivity (Wildman–Crippen MR) is 77.4 cm³/mol. The van der Waals surface area contributed by atoms with Crippen LogP contribution in [0.15, 0.2) is 24.3 Å². The molecule has 1 saturated heterocycles. The van der Waals surface area contributed by atoms with Gasteiger partial charge in [-0.05, 0) is 44.2 Å². The highest BCUT2D eigenvalue weighted by Gasteiger charge is 2.27. The van der Waals surface area contributed by atoms with E-state index in [0.717, 1.165) is 38.8 Å². The Balaban J connectivity index is 1.77.